The largest absolute Gasteiger partial charge is 1.00 e. The van der Waals surface area contributed by atoms with E-state index >= 15 is 0 Å². The van der Waals surface area contributed by atoms with Crippen LogP contribution in [0, 0.1) is 0 Å². The van der Waals surface area contributed by atoms with E-state index in [1.54, 1.807) is 49.3 Å². The number of aldehydes is 1. The molecule has 1 unspecified atom stereocenters. The van der Waals surface area contributed by atoms with Crippen LogP contribution in [-0.4, -0.2) is 83.9 Å². The van der Waals surface area contributed by atoms with Gasteiger partial charge in [0.15, 0.2) is 23.2 Å². The molecule has 6 aromatic carbocycles. The Morgan fingerprint density at radius 3 is 1.48 bits per heavy atom. The number of carbonyl (C=O) groups excluding carboxylic acids is 7. The molecule has 0 spiro atoms. The molecule has 4 N–H and O–H groups in total. The van der Waals surface area contributed by atoms with Crippen LogP contribution in [0.4, 0.5) is 0 Å². The van der Waals surface area contributed by atoms with E-state index in [1.807, 2.05) is 78.9 Å². The van der Waals surface area contributed by atoms with E-state index in [9.17, 15) is 33.6 Å². The molecule has 0 saturated heterocycles. The second-order valence-electron chi connectivity index (χ2n) is 19.5. The topological polar surface area (TPSA) is 270 Å². The standard InChI is InChI=1S/C19H19N.2C11H9NO2.C11H13N.C7H6O.C5H8O3.C4H6O3.C2H4O2.ClH.Na/c1-2-6-14(7-3-1)12-19-18-13-15-8-4-5-9-16(15)17(18)10-11-20-19;2*1-8-12-10(11(13)14-8)7-9-5-3-2-4-6-9;12-8-7-10-6-5-9-3-1-2-4-11(9)10;8-6-7-4-2-1-3-5-7;1-4(6)2-3-5(7)8;1-3(5)7-4(2)6;1-2(3)4;;/h1-9,19-20H,10-13H2;2*2-7H,1H3;1-4,6H,5,7-8,12H2;1-6H;2-3H2,1H3,(H,7,8);1-2H3;1H3,(H,3,4);1H;/q;;;;;;;;;+1/p-1/b;2*10-7+;;;;;;;. The maximum Gasteiger partial charge on any atom is 1.00 e. The number of carbonyl (C=O) groups is 8. The van der Waals surface area contributed by atoms with Crippen LogP contribution < -0.4 is 45.7 Å². The van der Waals surface area contributed by atoms with Gasteiger partial charge in [0, 0.05) is 51.7 Å². The minimum atomic E-state index is -1.08. The molecule has 0 fully saturated rings. The fourth-order valence-electron chi connectivity index (χ4n) is 8.83. The Hall–Kier alpha value is -8.81. The van der Waals surface area contributed by atoms with Crippen LogP contribution in [0.2, 0.25) is 0 Å². The molecule has 460 valence electrons. The summed E-state index contributed by atoms with van der Waals surface area (Å²) < 4.78 is 13.5. The van der Waals surface area contributed by atoms with Gasteiger partial charge in [-0.1, -0.05) is 176 Å². The van der Waals surface area contributed by atoms with Crippen molar-refractivity contribution in [1.29, 1.82) is 0 Å². The third-order valence-electron chi connectivity index (χ3n) is 12.5. The van der Waals surface area contributed by atoms with Crippen molar-refractivity contribution in [3.05, 3.63) is 237 Å². The van der Waals surface area contributed by atoms with Gasteiger partial charge in [0.25, 0.3) is 0 Å². The van der Waals surface area contributed by atoms with E-state index in [0.717, 1.165) is 68.7 Å². The third-order valence-corrected chi connectivity index (χ3v) is 12.5. The first-order valence-electron chi connectivity index (χ1n) is 28.0. The Morgan fingerprint density at radius 1 is 0.652 bits per heavy atom. The maximum absolute atomic E-state index is 11.2. The van der Waals surface area contributed by atoms with Crippen LogP contribution in [0.1, 0.15) is 117 Å². The number of cyclic esters (lactones) is 2. The number of carboxylic acids is 2. The Labute approximate surface area is 548 Å². The van der Waals surface area contributed by atoms with E-state index in [4.69, 9.17) is 30.2 Å². The first kappa shape index (κ1) is 76.3. The molecule has 0 amide bonds. The average molecular weight is 1240 g/mol. The zero-order chi connectivity index (χ0) is 63.5. The number of allylic oxidation sites excluding steroid dienone is 1. The van der Waals surface area contributed by atoms with Gasteiger partial charge in [-0.3, -0.25) is 19.2 Å². The molecule has 5 aliphatic rings. The number of hydrogen-bond acceptors (Lipinski definition) is 16. The van der Waals surface area contributed by atoms with Gasteiger partial charge < -0.3 is 45.1 Å². The zero-order valence-electron chi connectivity index (χ0n) is 51.1. The molecule has 19 heteroatoms. The summed E-state index contributed by atoms with van der Waals surface area (Å²) in [7, 11) is 0. The van der Waals surface area contributed by atoms with E-state index < -0.39 is 23.9 Å². The van der Waals surface area contributed by atoms with Crippen LogP contribution in [0.15, 0.2) is 203 Å². The number of nitrogens with two attached hydrogens (primary N) is 1. The minimum Gasteiger partial charge on any atom is -0.550 e. The average Bonchev–Trinajstić information content (AvgIpc) is 3.72. The number of ether oxygens (including phenoxy) is 3. The summed E-state index contributed by atoms with van der Waals surface area (Å²) in [6, 6.07) is 57.0. The van der Waals surface area contributed by atoms with Gasteiger partial charge in [-0.25, -0.2) is 19.6 Å². The summed E-state index contributed by atoms with van der Waals surface area (Å²) in [5.74, 6) is -3.17. The molecule has 0 radical (unpaired) electrons. The predicted octanol–water partition coefficient (Wildman–Crippen LogP) is 7.80. The van der Waals surface area contributed by atoms with Crippen molar-refractivity contribution in [2.45, 2.75) is 92.5 Å². The van der Waals surface area contributed by atoms with E-state index in [0.29, 0.717) is 29.2 Å². The summed E-state index contributed by atoms with van der Waals surface area (Å²) >= 11 is 0. The molecule has 17 nitrogen and oxygen atoms in total. The monoisotopic (exact) mass is 1240 g/mol. The van der Waals surface area contributed by atoms with Crippen molar-refractivity contribution in [2.24, 2.45) is 15.7 Å². The molecule has 0 saturated carbocycles. The van der Waals surface area contributed by atoms with Crippen LogP contribution in [0.3, 0.4) is 0 Å². The van der Waals surface area contributed by atoms with Crippen molar-refractivity contribution in [1.82, 2.24) is 5.32 Å². The van der Waals surface area contributed by atoms with Crippen LogP contribution in [-0.2, 0) is 67.0 Å². The number of rotatable bonds is 10. The summed E-state index contributed by atoms with van der Waals surface area (Å²) in [5, 5.41) is 20.6. The molecular formula is C70H74ClN4NaO13. The number of esters is 4. The Bertz CT molecular complexity index is 3380. The van der Waals surface area contributed by atoms with Gasteiger partial charge in [-0.05, 0) is 127 Å². The summed E-state index contributed by atoms with van der Waals surface area (Å²) in [6.07, 6.45) is 12.2. The number of nitrogens with zero attached hydrogens (tertiary/aromatic N) is 2. The number of hydrogen-bond donors (Lipinski definition) is 3. The quantitative estimate of drug-likeness (QED) is 0.0295. The van der Waals surface area contributed by atoms with Gasteiger partial charge in [0.2, 0.25) is 0 Å². The first-order chi connectivity index (χ1) is 41.8. The van der Waals surface area contributed by atoms with E-state index in [-0.39, 0.29) is 72.5 Å². The molecule has 0 bridgehead atoms. The number of ketones is 1. The third kappa shape index (κ3) is 29.6. The van der Waals surface area contributed by atoms with E-state index in [2.05, 4.69) is 105 Å². The van der Waals surface area contributed by atoms with Gasteiger partial charge in [-0.15, -0.1) is 12.4 Å². The molecular weight excluding hydrogens is 1160 g/mol. The number of carboxylic acid groups (broad SMARTS) is 2. The van der Waals surface area contributed by atoms with Gasteiger partial charge >= 0.3 is 59.4 Å². The Morgan fingerprint density at radius 2 is 1.09 bits per heavy atom. The molecule has 3 heterocycles. The second-order valence-corrected chi connectivity index (χ2v) is 19.5. The van der Waals surface area contributed by atoms with Crippen molar-refractivity contribution in [2.75, 3.05) is 13.1 Å². The minimum absolute atomic E-state index is 0. The molecule has 6 aromatic rings. The Kier molecular flexibility index (Phi) is 36.1. The van der Waals surface area contributed by atoms with Crippen LogP contribution in [0.25, 0.3) is 23.3 Å². The number of nitrogens with one attached hydrogen (secondary N) is 1. The number of Topliss-reactive ketones (excluding diaryl/α,β-unsaturated/α-hetero) is 1. The fraction of sp³-hybridized carbons (Fsp3) is 0.229. The fourth-order valence-corrected chi connectivity index (χ4v) is 8.83. The number of aliphatic carboxylic acids is 2. The summed E-state index contributed by atoms with van der Waals surface area (Å²) in [4.78, 5) is 88.7. The van der Waals surface area contributed by atoms with Crippen molar-refractivity contribution in [3.63, 3.8) is 0 Å². The summed E-state index contributed by atoms with van der Waals surface area (Å²) in [5.41, 5.74) is 20.8. The predicted molar refractivity (Wildman–Crippen MR) is 342 cm³/mol. The number of aliphatic imine (C=N–C) groups is 2. The smallest absolute Gasteiger partial charge is 0.550 e. The molecule has 0 aromatic heterocycles. The van der Waals surface area contributed by atoms with Crippen molar-refractivity contribution in [3.8, 4) is 0 Å². The van der Waals surface area contributed by atoms with Crippen LogP contribution in [0.5, 0.6) is 0 Å². The summed E-state index contributed by atoms with van der Waals surface area (Å²) in [6.45, 7) is 9.88. The number of benzene rings is 6. The molecule has 11 rings (SSSR count). The van der Waals surface area contributed by atoms with Gasteiger partial charge in [0.05, 0.1) is 6.42 Å². The number of halogens is 1. The molecule has 1 atom stereocenters. The molecule has 2 aliphatic carbocycles. The second kappa shape index (κ2) is 42.1. The molecule has 89 heavy (non-hydrogen) atoms. The zero-order valence-corrected chi connectivity index (χ0v) is 54.0. The normalized spacial score (nSPS) is 14.7. The molecule has 3 aliphatic heterocycles. The first-order valence-corrected chi connectivity index (χ1v) is 28.0. The number of fused-ring (bicyclic) bond motifs is 3. The maximum atomic E-state index is 11.2. The van der Waals surface area contributed by atoms with Crippen molar-refractivity contribution < 1.29 is 92.3 Å². The Balaban J connectivity index is 0.000000359. The van der Waals surface area contributed by atoms with Crippen LogP contribution >= 0.6 is 12.4 Å². The van der Waals surface area contributed by atoms with Gasteiger partial charge in [-0.2, -0.15) is 0 Å². The van der Waals surface area contributed by atoms with Crippen molar-refractivity contribution >= 4 is 95.4 Å². The van der Waals surface area contributed by atoms with Gasteiger partial charge in [0.1, 0.15) is 12.1 Å². The SMILES string of the molecule is CC(=O)CCC(=O)O.CC(=O)OC(C)=O.CC(=O)[O-].CC1=N/C(=C/c2ccccc2)C(=O)O1.CC1=N/C(=C/c2ccccc2)C(=O)O1.Cl.NCCC1=CCc2ccccc21.O=Cc1ccccc1.[Na+].c1ccc(CC2NCCC3=C2Cc2ccccc23)cc1. The van der Waals surface area contributed by atoms with E-state index in [1.165, 1.54) is 60.6 Å².